The van der Waals surface area contributed by atoms with Gasteiger partial charge in [-0.15, -0.1) is 0 Å². The van der Waals surface area contributed by atoms with Crippen molar-refractivity contribution in [3.8, 4) is 0 Å². The van der Waals surface area contributed by atoms with Crippen molar-refractivity contribution in [3.63, 3.8) is 0 Å². The lowest BCUT2D eigenvalue weighted by Gasteiger charge is -2.10. The minimum Gasteiger partial charge on any atom is -0.392 e. The van der Waals surface area contributed by atoms with Gasteiger partial charge >= 0.3 is 0 Å². The monoisotopic (exact) mass is 258 g/mol. The molecule has 0 saturated heterocycles. The maximum atomic E-state index is 13.2. The molecule has 0 aliphatic carbocycles. The molecule has 0 spiro atoms. The summed E-state index contributed by atoms with van der Waals surface area (Å²) >= 11 is 0. The predicted octanol–water partition coefficient (Wildman–Crippen LogP) is 1.26. The zero-order chi connectivity index (χ0) is 13.5. The Labute approximate surface area is 104 Å². The van der Waals surface area contributed by atoms with E-state index >= 15 is 0 Å². The molecule has 3 N–H and O–H groups in total. The third-order valence-electron chi connectivity index (χ3n) is 2.36. The van der Waals surface area contributed by atoms with Gasteiger partial charge in [0.2, 0.25) is 5.91 Å². The summed E-state index contributed by atoms with van der Waals surface area (Å²) < 4.78 is 26.4. The van der Waals surface area contributed by atoms with E-state index in [9.17, 15) is 18.7 Å². The molecule has 0 aliphatic heterocycles. The molecule has 0 aromatic heterocycles. The second-order valence-corrected chi connectivity index (χ2v) is 3.84. The van der Waals surface area contributed by atoms with Crippen LogP contribution < -0.4 is 10.6 Å². The number of amides is 1. The summed E-state index contributed by atoms with van der Waals surface area (Å²) in [6.07, 6.45) is 0.0271. The summed E-state index contributed by atoms with van der Waals surface area (Å²) in [6.45, 7) is 1.94. The van der Waals surface area contributed by atoms with Gasteiger partial charge in [0.15, 0.2) is 0 Å². The summed E-state index contributed by atoms with van der Waals surface area (Å²) in [7, 11) is 0. The van der Waals surface area contributed by atoms with Crippen molar-refractivity contribution in [3.05, 3.63) is 29.8 Å². The maximum absolute atomic E-state index is 13.2. The van der Waals surface area contributed by atoms with Crippen LogP contribution in [-0.2, 0) is 4.79 Å². The van der Waals surface area contributed by atoms with E-state index in [4.69, 9.17) is 0 Å². The van der Waals surface area contributed by atoms with Crippen molar-refractivity contribution in [1.82, 2.24) is 5.32 Å². The fourth-order valence-electron chi connectivity index (χ4n) is 1.30. The van der Waals surface area contributed by atoms with Gasteiger partial charge in [-0.05, 0) is 18.6 Å². The van der Waals surface area contributed by atoms with Crippen LogP contribution >= 0.6 is 0 Å². The number of aliphatic hydroxyl groups excluding tert-OH is 1. The molecule has 18 heavy (non-hydrogen) atoms. The molecule has 6 heteroatoms. The SMILES string of the molecule is CCC(O)CNCC(=O)Nc1c(F)cccc1F. The molecule has 0 radical (unpaired) electrons. The standard InChI is InChI=1S/C12H16F2N2O2/c1-2-8(17)6-15-7-11(18)16-12-9(13)4-3-5-10(12)14/h3-5,8,15,17H,2,6-7H2,1H3,(H,16,18). The first-order chi connectivity index (χ1) is 8.54. The number of anilines is 1. The Balaban J connectivity index is 2.45. The topological polar surface area (TPSA) is 61.4 Å². The number of benzene rings is 1. The fraction of sp³-hybridized carbons (Fsp3) is 0.417. The molecule has 1 amide bonds. The third kappa shape index (κ3) is 4.38. The number of hydrogen-bond acceptors (Lipinski definition) is 3. The van der Waals surface area contributed by atoms with Crippen molar-refractivity contribution in [2.24, 2.45) is 0 Å². The quantitative estimate of drug-likeness (QED) is 0.720. The second-order valence-electron chi connectivity index (χ2n) is 3.84. The van der Waals surface area contributed by atoms with E-state index in [2.05, 4.69) is 10.6 Å². The number of hydrogen-bond donors (Lipinski definition) is 3. The highest BCUT2D eigenvalue weighted by Crippen LogP contribution is 2.17. The summed E-state index contributed by atoms with van der Waals surface area (Å²) in [5, 5.41) is 14.1. The third-order valence-corrected chi connectivity index (χ3v) is 2.36. The largest absolute Gasteiger partial charge is 0.392 e. The van der Waals surface area contributed by atoms with Crippen LogP contribution in [-0.4, -0.2) is 30.2 Å². The maximum Gasteiger partial charge on any atom is 0.238 e. The van der Waals surface area contributed by atoms with Crippen LogP contribution in [0.5, 0.6) is 0 Å². The molecule has 0 heterocycles. The lowest BCUT2D eigenvalue weighted by Crippen LogP contribution is -2.33. The first-order valence-corrected chi connectivity index (χ1v) is 5.67. The van der Waals surface area contributed by atoms with E-state index in [1.165, 1.54) is 6.07 Å². The Morgan fingerprint density at radius 2 is 2.00 bits per heavy atom. The van der Waals surface area contributed by atoms with Crippen LogP contribution in [0.15, 0.2) is 18.2 Å². The first-order valence-electron chi connectivity index (χ1n) is 5.67. The molecule has 1 atom stereocenters. The Morgan fingerprint density at radius 1 is 1.39 bits per heavy atom. The van der Waals surface area contributed by atoms with E-state index in [0.717, 1.165) is 12.1 Å². The summed E-state index contributed by atoms with van der Waals surface area (Å²) in [5.41, 5.74) is -0.458. The molecule has 0 saturated carbocycles. The van der Waals surface area contributed by atoms with Crippen LogP contribution in [0.3, 0.4) is 0 Å². The molecule has 1 rings (SSSR count). The smallest absolute Gasteiger partial charge is 0.238 e. The van der Waals surface area contributed by atoms with Gasteiger partial charge in [-0.1, -0.05) is 13.0 Å². The van der Waals surface area contributed by atoms with E-state index in [1.54, 1.807) is 6.92 Å². The number of aliphatic hydroxyl groups is 1. The van der Waals surface area contributed by atoms with E-state index in [0.29, 0.717) is 6.42 Å². The van der Waals surface area contributed by atoms with Crippen molar-refractivity contribution in [2.45, 2.75) is 19.4 Å². The second kappa shape index (κ2) is 7.03. The molecule has 1 aromatic carbocycles. The fourth-order valence-corrected chi connectivity index (χ4v) is 1.30. The summed E-state index contributed by atoms with van der Waals surface area (Å²) in [5.74, 6) is -2.21. The van der Waals surface area contributed by atoms with Gasteiger partial charge in [-0.25, -0.2) is 8.78 Å². The number of rotatable bonds is 6. The lowest BCUT2D eigenvalue weighted by molar-refractivity contribution is -0.115. The molecule has 1 unspecified atom stereocenters. The first kappa shape index (κ1) is 14.5. The number of nitrogens with one attached hydrogen (secondary N) is 2. The molecule has 100 valence electrons. The molecular weight excluding hydrogens is 242 g/mol. The van der Waals surface area contributed by atoms with Gasteiger partial charge < -0.3 is 15.7 Å². The molecule has 0 bridgehead atoms. The van der Waals surface area contributed by atoms with Crippen molar-refractivity contribution < 1.29 is 18.7 Å². The van der Waals surface area contributed by atoms with Gasteiger partial charge in [0, 0.05) is 6.54 Å². The van der Waals surface area contributed by atoms with Gasteiger partial charge in [0.1, 0.15) is 17.3 Å². The summed E-state index contributed by atoms with van der Waals surface area (Å²) in [4.78, 5) is 11.4. The van der Waals surface area contributed by atoms with Crippen LogP contribution in [0.1, 0.15) is 13.3 Å². The van der Waals surface area contributed by atoms with Crippen molar-refractivity contribution in [2.75, 3.05) is 18.4 Å². The van der Waals surface area contributed by atoms with Crippen LogP contribution in [0.4, 0.5) is 14.5 Å². The number of halogens is 2. The zero-order valence-corrected chi connectivity index (χ0v) is 10.0. The Hall–Kier alpha value is -1.53. The van der Waals surface area contributed by atoms with Crippen LogP contribution in [0.25, 0.3) is 0 Å². The van der Waals surface area contributed by atoms with Crippen molar-refractivity contribution in [1.29, 1.82) is 0 Å². The number of para-hydroxylation sites is 1. The minimum atomic E-state index is -0.822. The molecule has 1 aromatic rings. The Kier molecular flexibility index (Phi) is 5.67. The van der Waals surface area contributed by atoms with Gasteiger partial charge in [0.25, 0.3) is 0 Å². The molecule has 4 nitrogen and oxygen atoms in total. The highest BCUT2D eigenvalue weighted by atomic mass is 19.1. The molecule has 0 aliphatic rings. The highest BCUT2D eigenvalue weighted by molar-refractivity contribution is 5.92. The Bertz CT molecular complexity index is 393. The minimum absolute atomic E-state index is 0.120. The normalized spacial score (nSPS) is 12.2. The number of carbonyl (C=O) groups is 1. The van der Waals surface area contributed by atoms with E-state index < -0.39 is 29.3 Å². The average Bonchev–Trinajstić information content (AvgIpc) is 2.34. The highest BCUT2D eigenvalue weighted by Gasteiger charge is 2.11. The van der Waals surface area contributed by atoms with Gasteiger partial charge in [0.05, 0.1) is 12.6 Å². The Morgan fingerprint density at radius 3 is 2.56 bits per heavy atom. The van der Waals surface area contributed by atoms with Crippen LogP contribution in [0.2, 0.25) is 0 Å². The van der Waals surface area contributed by atoms with E-state index in [-0.39, 0.29) is 13.1 Å². The van der Waals surface area contributed by atoms with Crippen molar-refractivity contribution >= 4 is 11.6 Å². The molecule has 0 fully saturated rings. The number of carbonyl (C=O) groups excluding carboxylic acids is 1. The lowest BCUT2D eigenvalue weighted by atomic mass is 10.2. The molecular formula is C12H16F2N2O2. The van der Waals surface area contributed by atoms with Gasteiger partial charge in [-0.2, -0.15) is 0 Å². The van der Waals surface area contributed by atoms with Crippen LogP contribution in [0, 0.1) is 11.6 Å². The average molecular weight is 258 g/mol. The van der Waals surface area contributed by atoms with Gasteiger partial charge in [-0.3, -0.25) is 4.79 Å². The zero-order valence-electron chi connectivity index (χ0n) is 10.0. The predicted molar refractivity (Wildman–Crippen MR) is 64.2 cm³/mol. The van der Waals surface area contributed by atoms with E-state index in [1.807, 2.05) is 0 Å². The summed E-state index contributed by atoms with van der Waals surface area (Å²) in [6, 6.07) is 3.34.